The van der Waals surface area contributed by atoms with E-state index in [1.54, 1.807) is 0 Å². The molecule has 2 aliphatic carbocycles. The van der Waals surface area contributed by atoms with Gasteiger partial charge >= 0.3 is 0 Å². The summed E-state index contributed by atoms with van der Waals surface area (Å²) in [5.74, 6) is 1.24. The highest BCUT2D eigenvalue weighted by molar-refractivity contribution is 5.79. The molecule has 1 heterocycles. The first-order chi connectivity index (χ1) is 13.3. The molecule has 1 aliphatic heterocycles. The molecule has 2 atom stereocenters. The van der Waals surface area contributed by atoms with Crippen LogP contribution in [-0.2, 0) is 17.6 Å². The van der Waals surface area contributed by atoms with Crippen LogP contribution in [0.2, 0.25) is 0 Å². The lowest BCUT2D eigenvalue weighted by atomic mass is 9.83. The van der Waals surface area contributed by atoms with Gasteiger partial charge in [-0.05, 0) is 81.5 Å². The Morgan fingerprint density at radius 1 is 1.07 bits per heavy atom. The molecule has 3 nitrogen and oxygen atoms in total. The highest BCUT2D eigenvalue weighted by Crippen LogP contribution is 2.28. The summed E-state index contributed by atoms with van der Waals surface area (Å²) in [6.45, 7) is 5.35. The summed E-state index contributed by atoms with van der Waals surface area (Å²) >= 11 is 0. The van der Waals surface area contributed by atoms with E-state index in [0.29, 0.717) is 11.8 Å². The van der Waals surface area contributed by atoms with Crippen molar-refractivity contribution in [3.8, 4) is 0 Å². The maximum atomic E-state index is 13.5. The van der Waals surface area contributed by atoms with Crippen molar-refractivity contribution in [3.63, 3.8) is 0 Å². The normalized spacial score (nSPS) is 25.3. The lowest BCUT2D eigenvalue weighted by Crippen LogP contribution is -2.44. The maximum Gasteiger partial charge on any atom is 0.226 e. The fourth-order valence-corrected chi connectivity index (χ4v) is 5.06. The third-order valence-electron chi connectivity index (χ3n) is 6.75. The number of amides is 1. The third-order valence-corrected chi connectivity index (χ3v) is 6.75. The van der Waals surface area contributed by atoms with Crippen LogP contribution in [0.15, 0.2) is 36.4 Å². The second-order valence-corrected chi connectivity index (χ2v) is 8.69. The zero-order chi connectivity index (χ0) is 18.5. The van der Waals surface area contributed by atoms with E-state index in [9.17, 15) is 4.79 Å². The van der Waals surface area contributed by atoms with Crippen molar-refractivity contribution in [3.05, 3.63) is 47.5 Å². The molecule has 3 heteroatoms. The number of allylic oxidation sites excluding steroid dienone is 2. The zero-order valence-electron chi connectivity index (χ0n) is 16.6. The smallest absolute Gasteiger partial charge is 0.226 e. The summed E-state index contributed by atoms with van der Waals surface area (Å²) in [6, 6.07) is 8.69. The van der Waals surface area contributed by atoms with Crippen molar-refractivity contribution in [2.45, 2.75) is 51.4 Å². The van der Waals surface area contributed by atoms with Gasteiger partial charge < -0.3 is 9.80 Å². The molecule has 27 heavy (non-hydrogen) atoms. The van der Waals surface area contributed by atoms with Crippen LogP contribution in [0.3, 0.4) is 0 Å². The van der Waals surface area contributed by atoms with Crippen LogP contribution in [-0.4, -0.2) is 48.4 Å². The molecule has 3 aliphatic rings. The van der Waals surface area contributed by atoms with Gasteiger partial charge in [0.2, 0.25) is 5.91 Å². The second-order valence-electron chi connectivity index (χ2n) is 8.69. The molecule has 0 N–H and O–H groups in total. The number of likely N-dealkylation sites (tertiary alicyclic amines) is 1. The van der Waals surface area contributed by atoms with E-state index < -0.39 is 0 Å². The van der Waals surface area contributed by atoms with Crippen LogP contribution in [0.1, 0.15) is 49.7 Å². The summed E-state index contributed by atoms with van der Waals surface area (Å²) < 4.78 is 0. The maximum absolute atomic E-state index is 13.5. The first-order valence-electron chi connectivity index (χ1n) is 11.0. The van der Waals surface area contributed by atoms with Crippen LogP contribution in [0, 0.1) is 11.8 Å². The van der Waals surface area contributed by atoms with Crippen LogP contribution in [0.5, 0.6) is 0 Å². The van der Waals surface area contributed by atoms with E-state index >= 15 is 0 Å². The van der Waals surface area contributed by atoms with Gasteiger partial charge in [-0.25, -0.2) is 0 Å². The lowest BCUT2D eigenvalue weighted by Gasteiger charge is -2.34. The van der Waals surface area contributed by atoms with Gasteiger partial charge in [0.1, 0.15) is 0 Å². The van der Waals surface area contributed by atoms with Gasteiger partial charge in [0, 0.05) is 25.6 Å². The van der Waals surface area contributed by atoms with E-state index in [0.717, 1.165) is 45.3 Å². The van der Waals surface area contributed by atoms with Gasteiger partial charge in [-0.2, -0.15) is 0 Å². The zero-order valence-corrected chi connectivity index (χ0v) is 16.6. The molecule has 4 rings (SSSR count). The first kappa shape index (κ1) is 18.7. The van der Waals surface area contributed by atoms with Gasteiger partial charge in [-0.1, -0.05) is 36.4 Å². The molecule has 1 aromatic carbocycles. The Bertz CT molecular complexity index is 662. The highest BCUT2D eigenvalue weighted by atomic mass is 16.2. The second kappa shape index (κ2) is 9.05. The van der Waals surface area contributed by atoms with Gasteiger partial charge in [0.15, 0.2) is 0 Å². The minimum atomic E-state index is 0.178. The van der Waals surface area contributed by atoms with Gasteiger partial charge in [0.25, 0.3) is 0 Å². The molecular weight excluding hydrogens is 332 g/mol. The largest absolute Gasteiger partial charge is 0.341 e. The van der Waals surface area contributed by atoms with Crippen molar-refractivity contribution < 1.29 is 4.79 Å². The summed E-state index contributed by atoms with van der Waals surface area (Å²) in [6.07, 6.45) is 13.8. The fraction of sp³-hybridized carbons (Fsp3) is 0.625. The quantitative estimate of drug-likeness (QED) is 0.709. The molecule has 0 bridgehead atoms. The minimum absolute atomic E-state index is 0.178. The molecule has 1 fully saturated rings. The number of nitrogens with zero attached hydrogens (tertiary/aromatic N) is 2. The standard InChI is InChI=1S/C24H34N2O/c27-24(23-13-12-21-10-4-5-11-22(21)18-23)26(17-16-25-14-6-7-15-25)19-20-8-2-1-3-9-20/h1-2,4-5,10-11,20,23H,3,6-9,12-19H2/t20-,23-/m1/s1. The Balaban J connectivity index is 1.41. The molecule has 146 valence electrons. The molecule has 0 saturated carbocycles. The van der Waals surface area contributed by atoms with Crippen molar-refractivity contribution in [2.75, 3.05) is 32.7 Å². The van der Waals surface area contributed by atoms with E-state index in [1.165, 1.54) is 49.9 Å². The molecule has 1 saturated heterocycles. The molecular formula is C24H34N2O. The number of carbonyl (C=O) groups is 1. The summed E-state index contributed by atoms with van der Waals surface area (Å²) in [7, 11) is 0. The Hall–Kier alpha value is -1.61. The first-order valence-corrected chi connectivity index (χ1v) is 11.0. The molecule has 0 spiro atoms. The fourth-order valence-electron chi connectivity index (χ4n) is 5.06. The Kier molecular flexibility index (Phi) is 6.28. The summed E-state index contributed by atoms with van der Waals surface area (Å²) in [5, 5.41) is 0. The van der Waals surface area contributed by atoms with E-state index in [-0.39, 0.29) is 5.92 Å². The van der Waals surface area contributed by atoms with E-state index in [2.05, 4.69) is 46.2 Å². The average Bonchev–Trinajstić information content (AvgIpc) is 3.24. The molecule has 0 unspecified atom stereocenters. The molecule has 0 radical (unpaired) electrons. The van der Waals surface area contributed by atoms with Crippen LogP contribution in [0.25, 0.3) is 0 Å². The lowest BCUT2D eigenvalue weighted by molar-refractivity contribution is -0.136. The summed E-state index contributed by atoms with van der Waals surface area (Å²) in [5.41, 5.74) is 2.84. The van der Waals surface area contributed by atoms with Gasteiger partial charge in [-0.15, -0.1) is 0 Å². The number of rotatable bonds is 6. The highest BCUT2D eigenvalue weighted by Gasteiger charge is 2.30. The van der Waals surface area contributed by atoms with Crippen LogP contribution in [0.4, 0.5) is 0 Å². The topological polar surface area (TPSA) is 23.6 Å². The molecule has 0 aromatic heterocycles. The van der Waals surface area contributed by atoms with Crippen molar-refractivity contribution in [1.29, 1.82) is 0 Å². The van der Waals surface area contributed by atoms with Crippen molar-refractivity contribution >= 4 is 5.91 Å². The number of aryl methyl sites for hydroxylation is 1. The van der Waals surface area contributed by atoms with Gasteiger partial charge in [-0.3, -0.25) is 4.79 Å². The Morgan fingerprint density at radius 2 is 1.89 bits per heavy atom. The third kappa shape index (κ3) is 4.82. The van der Waals surface area contributed by atoms with Gasteiger partial charge in [0.05, 0.1) is 0 Å². The van der Waals surface area contributed by atoms with Crippen LogP contribution >= 0.6 is 0 Å². The minimum Gasteiger partial charge on any atom is -0.341 e. The Morgan fingerprint density at radius 3 is 2.67 bits per heavy atom. The van der Waals surface area contributed by atoms with Crippen molar-refractivity contribution in [1.82, 2.24) is 9.80 Å². The number of hydrogen-bond donors (Lipinski definition) is 0. The average molecular weight is 367 g/mol. The monoisotopic (exact) mass is 366 g/mol. The summed E-state index contributed by atoms with van der Waals surface area (Å²) in [4.78, 5) is 18.3. The molecule has 1 aromatic rings. The van der Waals surface area contributed by atoms with Crippen molar-refractivity contribution in [2.24, 2.45) is 11.8 Å². The number of carbonyl (C=O) groups excluding carboxylic acids is 1. The predicted octanol–water partition coefficient (Wildman–Crippen LogP) is 4.07. The van der Waals surface area contributed by atoms with E-state index in [4.69, 9.17) is 0 Å². The number of hydrogen-bond acceptors (Lipinski definition) is 2. The number of benzene rings is 1. The SMILES string of the molecule is O=C([C@@H]1CCc2ccccc2C1)N(CCN1CCCC1)C[C@@H]1CC=CCC1. The predicted molar refractivity (Wildman–Crippen MR) is 111 cm³/mol. The molecule has 1 amide bonds. The number of fused-ring (bicyclic) bond motifs is 1. The van der Waals surface area contributed by atoms with E-state index in [1.807, 2.05) is 0 Å². The Labute approximate surface area is 164 Å². The van der Waals surface area contributed by atoms with Crippen LogP contribution < -0.4 is 0 Å².